The van der Waals surface area contributed by atoms with Crippen molar-refractivity contribution in [2.45, 2.75) is 4.34 Å². The average molecular weight is 174 g/mol. The molecule has 0 spiro atoms. The molecule has 0 saturated carbocycles. The zero-order chi connectivity index (χ0) is 7.56. The molecule has 0 unspecified atom stereocenters. The van der Waals surface area contributed by atoms with E-state index >= 15 is 0 Å². The number of nitrogens with one attached hydrogen (secondary N) is 1. The summed E-state index contributed by atoms with van der Waals surface area (Å²) in [6.07, 6.45) is 1.89. The van der Waals surface area contributed by atoms with E-state index in [2.05, 4.69) is 9.97 Å². The van der Waals surface area contributed by atoms with Gasteiger partial charge in [0.25, 0.3) is 0 Å². The Hall–Kier alpha value is -0.620. The summed E-state index contributed by atoms with van der Waals surface area (Å²) in [5.74, 6) is 0.174. The summed E-state index contributed by atoms with van der Waals surface area (Å²) < 4.78 is 0.775. The lowest BCUT2D eigenvalue weighted by atomic mass is 11.0. The van der Waals surface area contributed by atoms with Gasteiger partial charge in [-0.2, -0.15) is 9.97 Å². The number of hydrogen-bond donors (Lipinski definition) is 2. The minimum Gasteiger partial charge on any atom is -0.368 e. The van der Waals surface area contributed by atoms with Crippen LogP contribution in [0.25, 0.3) is 0 Å². The third-order valence-electron chi connectivity index (χ3n) is 0.781. The van der Waals surface area contributed by atoms with E-state index in [0.717, 1.165) is 4.34 Å². The van der Waals surface area contributed by atoms with Crippen LogP contribution < -0.4 is 10.5 Å². The molecule has 0 bridgehead atoms. The molecule has 1 rings (SSSR count). The Kier molecular flexibility index (Phi) is 2.23. The zero-order valence-corrected chi connectivity index (χ0v) is 6.92. The quantitative estimate of drug-likeness (QED) is 0.601. The molecule has 1 aromatic heterocycles. The Bertz CT molecular complexity index is 281. The molecule has 0 saturated heterocycles. The fourth-order valence-corrected chi connectivity index (χ4v) is 1.64. The highest BCUT2D eigenvalue weighted by Crippen LogP contribution is 2.12. The molecule has 3 N–H and O–H groups in total. The fraction of sp³-hybridized carbons (Fsp3) is 0.250. The Morgan fingerprint density at radius 3 is 2.80 bits per heavy atom. The number of aromatic nitrogens is 2. The summed E-state index contributed by atoms with van der Waals surface area (Å²) in [6, 6.07) is 0. The fourth-order valence-electron chi connectivity index (χ4n) is 0.438. The summed E-state index contributed by atoms with van der Waals surface area (Å²) in [6.45, 7) is 0. The van der Waals surface area contributed by atoms with Crippen molar-refractivity contribution in [3.05, 3.63) is 4.80 Å². The molecule has 0 aliphatic rings. The van der Waals surface area contributed by atoms with Crippen molar-refractivity contribution in [3.63, 3.8) is 0 Å². The van der Waals surface area contributed by atoms with Crippen molar-refractivity contribution >= 4 is 29.0 Å². The van der Waals surface area contributed by atoms with Crippen LogP contribution in [-0.4, -0.2) is 16.2 Å². The molecule has 10 heavy (non-hydrogen) atoms. The lowest BCUT2D eigenvalue weighted by Gasteiger charge is -1.92. The molecule has 0 aromatic carbocycles. The van der Waals surface area contributed by atoms with Crippen LogP contribution in [0.2, 0.25) is 0 Å². The van der Waals surface area contributed by atoms with E-state index in [1.165, 1.54) is 23.1 Å². The number of anilines is 1. The Morgan fingerprint density at radius 2 is 2.30 bits per heavy atom. The van der Waals surface area contributed by atoms with Crippen LogP contribution in [0.1, 0.15) is 0 Å². The molecule has 1 aromatic rings. The number of thioether (sulfide) groups is 1. The normalized spacial score (nSPS) is 9.70. The number of hydrogen-bond acceptors (Lipinski definition) is 6. The smallest absolute Gasteiger partial charge is 0.224 e. The molecular formula is C4H6N4S2. The highest BCUT2D eigenvalue weighted by atomic mass is 32.2. The van der Waals surface area contributed by atoms with Crippen LogP contribution in [0.5, 0.6) is 0 Å². The van der Waals surface area contributed by atoms with E-state index in [9.17, 15) is 0 Å². The highest BCUT2D eigenvalue weighted by molar-refractivity contribution is 8.00. The molecule has 0 atom stereocenters. The maximum absolute atomic E-state index is 7.15. The summed E-state index contributed by atoms with van der Waals surface area (Å²) in [4.78, 5) is 7.71. The average Bonchev–Trinajstić information content (AvgIpc) is 1.85. The minimum atomic E-state index is 0.174. The second-order valence-electron chi connectivity index (χ2n) is 1.46. The van der Waals surface area contributed by atoms with Crippen molar-refractivity contribution in [1.82, 2.24) is 9.97 Å². The topological polar surface area (TPSA) is 75.7 Å². The van der Waals surface area contributed by atoms with Gasteiger partial charge in [0, 0.05) is 0 Å². The lowest BCUT2D eigenvalue weighted by molar-refractivity contribution is 1.07. The zero-order valence-electron chi connectivity index (χ0n) is 5.29. The first-order valence-corrected chi connectivity index (χ1v) is 4.49. The van der Waals surface area contributed by atoms with Gasteiger partial charge in [-0.3, -0.25) is 5.41 Å². The van der Waals surface area contributed by atoms with Crippen molar-refractivity contribution in [1.29, 1.82) is 5.41 Å². The van der Waals surface area contributed by atoms with Crippen LogP contribution in [0, 0.1) is 5.41 Å². The maximum Gasteiger partial charge on any atom is 0.224 e. The molecule has 1 heterocycles. The highest BCUT2D eigenvalue weighted by Gasteiger charge is 1.94. The van der Waals surface area contributed by atoms with Gasteiger partial charge in [0.05, 0.1) is 0 Å². The maximum atomic E-state index is 7.15. The molecule has 0 aliphatic carbocycles. The number of nitrogens with two attached hydrogens (primary N) is 1. The lowest BCUT2D eigenvalue weighted by Crippen LogP contribution is -2.06. The van der Waals surface area contributed by atoms with E-state index < -0.39 is 0 Å². The van der Waals surface area contributed by atoms with E-state index in [4.69, 9.17) is 11.1 Å². The van der Waals surface area contributed by atoms with Crippen LogP contribution in [0.15, 0.2) is 4.34 Å². The van der Waals surface area contributed by atoms with Gasteiger partial charge < -0.3 is 5.73 Å². The minimum absolute atomic E-state index is 0.174. The second kappa shape index (κ2) is 2.98. The predicted molar refractivity (Wildman–Crippen MR) is 42.0 cm³/mol. The summed E-state index contributed by atoms with van der Waals surface area (Å²) in [5, 5.41) is 7.15. The number of nitrogen functional groups attached to an aromatic ring is 1. The van der Waals surface area contributed by atoms with Gasteiger partial charge in [0.1, 0.15) is 0 Å². The first kappa shape index (κ1) is 7.49. The first-order chi connectivity index (χ1) is 4.72. The molecule has 6 heteroatoms. The van der Waals surface area contributed by atoms with Crippen LogP contribution in [-0.2, 0) is 0 Å². The van der Waals surface area contributed by atoms with Gasteiger partial charge in [0.15, 0.2) is 4.34 Å². The predicted octanol–water partition coefficient (Wildman–Crippen LogP) is 0.322. The van der Waals surface area contributed by atoms with Crippen LogP contribution in [0.3, 0.4) is 0 Å². The molecule has 0 radical (unpaired) electrons. The molecule has 0 amide bonds. The SMILES string of the molecule is CSc1nc(N)nc(=N)s1. The summed E-state index contributed by atoms with van der Waals surface area (Å²) in [5.41, 5.74) is 5.29. The van der Waals surface area contributed by atoms with Crippen molar-refractivity contribution in [2.75, 3.05) is 12.0 Å². The van der Waals surface area contributed by atoms with Gasteiger partial charge in [-0.15, -0.1) is 0 Å². The van der Waals surface area contributed by atoms with E-state index in [0.29, 0.717) is 0 Å². The van der Waals surface area contributed by atoms with Crippen molar-refractivity contribution < 1.29 is 0 Å². The summed E-state index contributed by atoms with van der Waals surface area (Å²) >= 11 is 2.68. The molecule has 4 nitrogen and oxygen atoms in total. The standard InChI is InChI=1S/C4H6N4S2/c1-9-4-8-2(5)7-3(6)10-4/h1H3,(H3,5,6,7). The third kappa shape index (κ3) is 1.68. The van der Waals surface area contributed by atoms with Crippen LogP contribution in [0.4, 0.5) is 5.95 Å². The van der Waals surface area contributed by atoms with E-state index in [-0.39, 0.29) is 10.7 Å². The van der Waals surface area contributed by atoms with Gasteiger partial charge in [0.2, 0.25) is 10.7 Å². The summed E-state index contributed by atoms with van der Waals surface area (Å²) in [7, 11) is 0. The van der Waals surface area contributed by atoms with E-state index in [1.54, 1.807) is 0 Å². The van der Waals surface area contributed by atoms with Gasteiger partial charge in [-0.05, 0) is 6.26 Å². The monoisotopic (exact) mass is 174 g/mol. The number of nitrogens with zero attached hydrogens (tertiary/aromatic N) is 2. The Labute approximate surface area is 66.0 Å². The largest absolute Gasteiger partial charge is 0.368 e. The molecular weight excluding hydrogens is 168 g/mol. The number of rotatable bonds is 1. The Morgan fingerprint density at radius 1 is 1.60 bits per heavy atom. The van der Waals surface area contributed by atoms with Gasteiger partial charge in [-0.1, -0.05) is 23.1 Å². The van der Waals surface area contributed by atoms with Crippen molar-refractivity contribution in [2.24, 2.45) is 0 Å². The second-order valence-corrected chi connectivity index (χ2v) is 3.49. The first-order valence-electron chi connectivity index (χ1n) is 2.45. The Balaban J connectivity index is 3.19. The van der Waals surface area contributed by atoms with Crippen molar-refractivity contribution in [3.8, 4) is 0 Å². The van der Waals surface area contributed by atoms with Crippen LogP contribution >= 0.6 is 23.1 Å². The molecule has 0 aliphatic heterocycles. The van der Waals surface area contributed by atoms with E-state index in [1.807, 2.05) is 6.26 Å². The van der Waals surface area contributed by atoms with Gasteiger partial charge >= 0.3 is 0 Å². The molecule has 54 valence electrons. The third-order valence-corrected chi connectivity index (χ3v) is 2.52. The molecule has 0 fully saturated rings. The van der Waals surface area contributed by atoms with Gasteiger partial charge in [-0.25, -0.2) is 0 Å².